The Labute approximate surface area is 163 Å². The van der Waals surface area contributed by atoms with Crippen molar-refractivity contribution in [3.63, 3.8) is 0 Å². The second-order valence-electron chi connectivity index (χ2n) is 6.67. The van der Waals surface area contributed by atoms with Gasteiger partial charge in [-0.15, -0.1) is 0 Å². The van der Waals surface area contributed by atoms with Crippen LogP contribution in [0.4, 0.5) is 4.39 Å². The molecule has 1 saturated heterocycles. The number of halogens is 1. The Balaban J connectivity index is 1.59. The molecule has 0 aromatic heterocycles. The Morgan fingerprint density at radius 3 is 2.64 bits per heavy atom. The maximum Gasteiger partial charge on any atom is 0.225 e. The quantitative estimate of drug-likeness (QED) is 0.794. The van der Waals surface area contributed by atoms with Crippen molar-refractivity contribution in [1.29, 1.82) is 0 Å². The number of likely N-dealkylation sites (tertiary alicyclic amines) is 1. The van der Waals surface area contributed by atoms with Gasteiger partial charge in [-0.2, -0.15) is 0 Å². The third-order valence-corrected chi connectivity index (χ3v) is 4.82. The zero-order valence-corrected chi connectivity index (χ0v) is 15.9. The van der Waals surface area contributed by atoms with Crippen LogP contribution in [0.2, 0.25) is 0 Å². The van der Waals surface area contributed by atoms with Crippen LogP contribution >= 0.6 is 0 Å². The van der Waals surface area contributed by atoms with Gasteiger partial charge in [-0.25, -0.2) is 4.39 Å². The first-order chi connectivity index (χ1) is 13.5. The molecule has 1 aliphatic heterocycles. The van der Waals surface area contributed by atoms with E-state index in [0.717, 1.165) is 5.56 Å². The molecule has 148 valence electrons. The average molecular weight is 386 g/mol. The molecule has 1 unspecified atom stereocenters. The monoisotopic (exact) mass is 386 g/mol. The van der Waals surface area contributed by atoms with E-state index in [2.05, 4.69) is 5.32 Å². The number of nitrogens with one attached hydrogen (secondary N) is 1. The average Bonchev–Trinajstić information content (AvgIpc) is 3.07. The maximum atomic E-state index is 13.7. The molecule has 0 saturated carbocycles. The minimum absolute atomic E-state index is 0.0826. The first-order valence-corrected chi connectivity index (χ1v) is 9.01. The van der Waals surface area contributed by atoms with Crippen LogP contribution in [0, 0.1) is 11.7 Å². The number of rotatable bonds is 7. The fourth-order valence-electron chi connectivity index (χ4n) is 3.27. The normalized spacial score (nSPS) is 16.2. The summed E-state index contributed by atoms with van der Waals surface area (Å²) in [6.07, 6.45) is 0.149. The Hall–Kier alpha value is -3.09. The van der Waals surface area contributed by atoms with E-state index in [1.165, 1.54) is 6.07 Å². The van der Waals surface area contributed by atoms with E-state index in [-0.39, 0.29) is 30.6 Å². The third-order valence-electron chi connectivity index (χ3n) is 4.82. The van der Waals surface area contributed by atoms with Gasteiger partial charge in [0.2, 0.25) is 11.8 Å². The Morgan fingerprint density at radius 1 is 1.18 bits per heavy atom. The zero-order valence-electron chi connectivity index (χ0n) is 15.9. The summed E-state index contributed by atoms with van der Waals surface area (Å²) < 4.78 is 24.2. The number of ether oxygens (including phenoxy) is 2. The van der Waals surface area contributed by atoms with Crippen LogP contribution in [0.25, 0.3) is 0 Å². The first kappa shape index (κ1) is 19.7. The van der Waals surface area contributed by atoms with Gasteiger partial charge in [-0.3, -0.25) is 9.59 Å². The zero-order chi connectivity index (χ0) is 20.1. The van der Waals surface area contributed by atoms with Crippen LogP contribution in [0.1, 0.15) is 17.5 Å². The van der Waals surface area contributed by atoms with Crippen molar-refractivity contribution >= 4 is 11.8 Å². The largest absolute Gasteiger partial charge is 0.493 e. The number of amides is 2. The number of methoxy groups -OCH3 is 2. The summed E-state index contributed by atoms with van der Waals surface area (Å²) in [5.74, 6) is 0.0715. The second kappa shape index (κ2) is 8.73. The molecule has 6 nitrogen and oxygen atoms in total. The first-order valence-electron chi connectivity index (χ1n) is 9.01. The van der Waals surface area contributed by atoms with Crippen molar-refractivity contribution < 1.29 is 23.5 Å². The molecular formula is C21H23FN2O4. The molecule has 1 atom stereocenters. The number of hydrogen-bond acceptors (Lipinski definition) is 4. The molecule has 2 aromatic carbocycles. The molecule has 3 rings (SSSR count). The predicted molar refractivity (Wildman–Crippen MR) is 101 cm³/mol. The van der Waals surface area contributed by atoms with E-state index in [9.17, 15) is 14.0 Å². The van der Waals surface area contributed by atoms with Crippen molar-refractivity contribution in [1.82, 2.24) is 10.2 Å². The molecule has 0 radical (unpaired) electrons. The lowest BCUT2D eigenvalue weighted by molar-refractivity contribution is -0.129. The lowest BCUT2D eigenvalue weighted by Gasteiger charge is -2.18. The highest BCUT2D eigenvalue weighted by atomic mass is 19.1. The third kappa shape index (κ3) is 4.42. The number of carbonyl (C=O) groups is 2. The SMILES string of the molecule is COc1ccc(CN2CC(C(=O)NCc3ccccc3F)CC2=O)cc1OC. The van der Waals surface area contributed by atoms with E-state index in [1.54, 1.807) is 43.4 Å². The van der Waals surface area contributed by atoms with Gasteiger partial charge in [-0.05, 0) is 23.8 Å². The van der Waals surface area contributed by atoms with Gasteiger partial charge in [0.1, 0.15) is 5.82 Å². The number of carbonyl (C=O) groups excluding carboxylic acids is 2. The van der Waals surface area contributed by atoms with E-state index in [1.807, 2.05) is 12.1 Å². The molecule has 0 spiro atoms. The number of hydrogen-bond donors (Lipinski definition) is 1. The molecule has 7 heteroatoms. The van der Waals surface area contributed by atoms with Gasteiger partial charge < -0.3 is 19.7 Å². The molecule has 28 heavy (non-hydrogen) atoms. The highest BCUT2D eigenvalue weighted by Gasteiger charge is 2.34. The van der Waals surface area contributed by atoms with Gasteiger partial charge in [-0.1, -0.05) is 24.3 Å². The van der Waals surface area contributed by atoms with Gasteiger partial charge in [0.05, 0.1) is 20.1 Å². The summed E-state index contributed by atoms with van der Waals surface area (Å²) >= 11 is 0. The van der Waals surface area contributed by atoms with Crippen molar-refractivity contribution in [2.24, 2.45) is 5.92 Å². The summed E-state index contributed by atoms with van der Waals surface area (Å²) in [5, 5.41) is 2.73. The molecule has 1 heterocycles. The summed E-state index contributed by atoms with van der Waals surface area (Å²) in [6, 6.07) is 11.8. The molecule has 1 aliphatic rings. The smallest absolute Gasteiger partial charge is 0.225 e. The van der Waals surface area contributed by atoms with Gasteiger partial charge in [0.15, 0.2) is 11.5 Å². The minimum atomic E-state index is -0.445. The van der Waals surface area contributed by atoms with E-state index in [4.69, 9.17) is 9.47 Å². The molecule has 1 fully saturated rings. The molecular weight excluding hydrogens is 363 g/mol. The van der Waals surface area contributed by atoms with Crippen LogP contribution in [-0.2, 0) is 22.7 Å². The standard InChI is InChI=1S/C21H23FN2O4/c1-27-18-8-7-14(9-19(18)28-2)12-24-13-16(10-20(24)25)21(26)23-11-15-5-3-4-6-17(15)22/h3-9,16H,10-13H2,1-2H3,(H,23,26). The van der Waals surface area contributed by atoms with Gasteiger partial charge >= 0.3 is 0 Å². The topological polar surface area (TPSA) is 67.9 Å². The van der Waals surface area contributed by atoms with Crippen molar-refractivity contribution in [2.45, 2.75) is 19.5 Å². The highest BCUT2D eigenvalue weighted by molar-refractivity contribution is 5.89. The van der Waals surface area contributed by atoms with Crippen molar-refractivity contribution in [3.05, 3.63) is 59.4 Å². The summed E-state index contributed by atoms with van der Waals surface area (Å²) in [6.45, 7) is 0.818. The Kier molecular flexibility index (Phi) is 6.13. The van der Waals surface area contributed by atoms with E-state index >= 15 is 0 Å². The van der Waals surface area contributed by atoms with Crippen LogP contribution in [-0.4, -0.2) is 37.5 Å². The van der Waals surface area contributed by atoms with E-state index < -0.39 is 5.92 Å². The Morgan fingerprint density at radius 2 is 1.93 bits per heavy atom. The molecule has 0 bridgehead atoms. The fourth-order valence-corrected chi connectivity index (χ4v) is 3.27. The van der Waals surface area contributed by atoms with Crippen LogP contribution < -0.4 is 14.8 Å². The summed E-state index contributed by atoms with van der Waals surface area (Å²) in [4.78, 5) is 26.4. The second-order valence-corrected chi connectivity index (χ2v) is 6.67. The number of nitrogens with zero attached hydrogens (tertiary/aromatic N) is 1. The fraction of sp³-hybridized carbons (Fsp3) is 0.333. The van der Waals surface area contributed by atoms with Crippen LogP contribution in [0.15, 0.2) is 42.5 Å². The van der Waals surface area contributed by atoms with Gasteiger partial charge in [0.25, 0.3) is 0 Å². The highest BCUT2D eigenvalue weighted by Crippen LogP contribution is 2.29. The van der Waals surface area contributed by atoms with Crippen molar-refractivity contribution in [3.8, 4) is 11.5 Å². The molecule has 2 amide bonds. The molecule has 1 N–H and O–H groups in total. The molecule has 0 aliphatic carbocycles. The predicted octanol–water partition coefficient (Wildman–Crippen LogP) is 2.51. The number of benzene rings is 2. The molecule has 2 aromatic rings. The Bertz CT molecular complexity index is 871. The van der Waals surface area contributed by atoms with Gasteiger partial charge in [0, 0.05) is 31.6 Å². The van der Waals surface area contributed by atoms with Crippen LogP contribution in [0.5, 0.6) is 11.5 Å². The maximum absolute atomic E-state index is 13.7. The summed E-state index contributed by atoms with van der Waals surface area (Å²) in [7, 11) is 3.12. The van der Waals surface area contributed by atoms with E-state index in [0.29, 0.717) is 30.2 Å². The minimum Gasteiger partial charge on any atom is -0.493 e. The van der Waals surface area contributed by atoms with Crippen LogP contribution in [0.3, 0.4) is 0 Å². The summed E-state index contributed by atoms with van der Waals surface area (Å²) in [5.41, 5.74) is 1.31. The lowest BCUT2D eigenvalue weighted by atomic mass is 10.1. The van der Waals surface area contributed by atoms with Crippen molar-refractivity contribution in [2.75, 3.05) is 20.8 Å². The lowest BCUT2D eigenvalue weighted by Crippen LogP contribution is -2.32.